The smallest absolute Gasteiger partial charge is 0.0817 e. The average molecular weight is 314 g/mol. The van der Waals surface area contributed by atoms with Gasteiger partial charge in [0.2, 0.25) is 0 Å². The Morgan fingerprint density at radius 3 is 2.78 bits per heavy atom. The van der Waals surface area contributed by atoms with Gasteiger partial charge in [-0.2, -0.15) is 0 Å². The summed E-state index contributed by atoms with van der Waals surface area (Å²) in [5.74, 6) is 0. The van der Waals surface area contributed by atoms with Crippen molar-refractivity contribution >= 4 is 15.9 Å². The first-order valence-electron chi connectivity index (χ1n) is 6.31. The molecule has 1 saturated heterocycles. The molecule has 1 aromatic rings. The number of benzene rings is 1. The van der Waals surface area contributed by atoms with E-state index in [1.165, 1.54) is 5.56 Å². The van der Waals surface area contributed by atoms with Crippen molar-refractivity contribution in [3.63, 3.8) is 0 Å². The number of hydrogen-bond donors (Lipinski definition) is 1. The second-order valence-corrected chi connectivity index (χ2v) is 6.05. The maximum atomic E-state index is 10.4. The van der Waals surface area contributed by atoms with Gasteiger partial charge >= 0.3 is 0 Å². The number of halogens is 1. The van der Waals surface area contributed by atoms with Crippen molar-refractivity contribution in [2.45, 2.75) is 25.0 Å². The van der Waals surface area contributed by atoms with Gasteiger partial charge in [0.1, 0.15) is 0 Å². The van der Waals surface area contributed by atoms with Crippen LogP contribution in [0.25, 0.3) is 0 Å². The molecular formula is C14H20BrNO2. The number of aliphatic hydroxyl groups is 1. The third-order valence-corrected chi connectivity index (χ3v) is 3.82. The zero-order valence-corrected chi connectivity index (χ0v) is 12.3. The second kappa shape index (κ2) is 6.15. The van der Waals surface area contributed by atoms with Crippen molar-refractivity contribution < 1.29 is 9.84 Å². The molecule has 0 radical (unpaired) electrons. The van der Waals surface area contributed by atoms with Crippen molar-refractivity contribution in [2.24, 2.45) is 0 Å². The molecule has 1 N–H and O–H groups in total. The molecule has 0 bridgehead atoms. The van der Waals surface area contributed by atoms with Crippen LogP contribution in [0.2, 0.25) is 0 Å². The molecule has 1 heterocycles. The van der Waals surface area contributed by atoms with E-state index in [1.54, 1.807) is 0 Å². The van der Waals surface area contributed by atoms with Crippen molar-refractivity contribution in [3.05, 3.63) is 34.3 Å². The Kier molecular flexibility index (Phi) is 4.78. The predicted molar refractivity (Wildman–Crippen MR) is 75.5 cm³/mol. The Labute approximate surface area is 117 Å². The first kappa shape index (κ1) is 14.0. The van der Waals surface area contributed by atoms with Crippen LogP contribution in [0.5, 0.6) is 0 Å². The van der Waals surface area contributed by atoms with Gasteiger partial charge in [-0.05, 0) is 24.7 Å². The highest BCUT2D eigenvalue weighted by Crippen LogP contribution is 2.22. The summed E-state index contributed by atoms with van der Waals surface area (Å²) in [6, 6.07) is 8.28. The third kappa shape index (κ3) is 4.05. The van der Waals surface area contributed by atoms with E-state index in [-0.39, 0.29) is 0 Å². The number of ether oxygens (including phenoxy) is 1. The molecule has 3 nitrogen and oxygen atoms in total. The van der Waals surface area contributed by atoms with Crippen LogP contribution in [0.1, 0.15) is 18.4 Å². The molecule has 0 aliphatic carbocycles. The maximum absolute atomic E-state index is 10.4. The lowest BCUT2D eigenvalue weighted by Gasteiger charge is -2.35. The minimum Gasteiger partial charge on any atom is -0.388 e. The molecule has 0 atom stereocenters. The van der Waals surface area contributed by atoms with Crippen LogP contribution in [-0.2, 0) is 11.3 Å². The quantitative estimate of drug-likeness (QED) is 0.926. The van der Waals surface area contributed by atoms with Crippen LogP contribution in [0, 0.1) is 0 Å². The van der Waals surface area contributed by atoms with Gasteiger partial charge in [-0.3, -0.25) is 4.90 Å². The summed E-state index contributed by atoms with van der Waals surface area (Å²) in [6.45, 7) is 2.88. The first-order valence-corrected chi connectivity index (χ1v) is 7.10. The molecule has 0 saturated carbocycles. The van der Waals surface area contributed by atoms with E-state index in [0.717, 1.165) is 23.9 Å². The third-order valence-electron chi connectivity index (χ3n) is 3.33. The van der Waals surface area contributed by atoms with E-state index in [4.69, 9.17) is 4.74 Å². The van der Waals surface area contributed by atoms with Crippen LogP contribution >= 0.6 is 15.9 Å². The summed E-state index contributed by atoms with van der Waals surface area (Å²) >= 11 is 3.48. The Balaban J connectivity index is 1.90. The molecule has 2 rings (SSSR count). The van der Waals surface area contributed by atoms with Crippen LogP contribution in [0.3, 0.4) is 0 Å². The lowest BCUT2D eigenvalue weighted by atomic mass is 9.94. The van der Waals surface area contributed by atoms with Gasteiger partial charge in [0, 0.05) is 43.6 Å². The first-order chi connectivity index (χ1) is 8.57. The summed E-state index contributed by atoms with van der Waals surface area (Å²) < 4.78 is 6.39. The van der Waals surface area contributed by atoms with Gasteiger partial charge in [-0.25, -0.2) is 0 Å². The van der Waals surface area contributed by atoms with Crippen LogP contribution in [-0.4, -0.2) is 42.4 Å². The molecule has 18 heavy (non-hydrogen) atoms. The highest BCUT2D eigenvalue weighted by Gasteiger charge is 2.30. The van der Waals surface area contributed by atoms with Gasteiger partial charge in [0.15, 0.2) is 0 Å². The molecule has 1 aliphatic heterocycles. The van der Waals surface area contributed by atoms with E-state index in [2.05, 4.69) is 33.0 Å². The monoisotopic (exact) mass is 313 g/mol. The number of hydrogen-bond acceptors (Lipinski definition) is 3. The van der Waals surface area contributed by atoms with Crippen molar-refractivity contribution in [1.29, 1.82) is 0 Å². The highest BCUT2D eigenvalue weighted by atomic mass is 79.9. The zero-order chi connectivity index (χ0) is 13.0. The fraction of sp³-hybridized carbons (Fsp3) is 0.571. The van der Waals surface area contributed by atoms with Crippen LogP contribution < -0.4 is 0 Å². The maximum Gasteiger partial charge on any atom is 0.0817 e. The largest absolute Gasteiger partial charge is 0.388 e. The minimum atomic E-state index is -0.584. The highest BCUT2D eigenvalue weighted by molar-refractivity contribution is 9.10. The zero-order valence-electron chi connectivity index (χ0n) is 10.7. The van der Waals surface area contributed by atoms with Gasteiger partial charge in [-0.1, -0.05) is 28.1 Å². The Morgan fingerprint density at radius 2 is 2.11 bits per heavy atom. The average Bonchev–Trinajstić information content (AvgIpc) is 2.28. The summed E-state index contributed by atoms with van der Waals surface area (Å²) in [4.78, 5) is 2.17. The Morgan fingerprint density at radius 1 is 1.39 bits per heavy atom. The lowest BCUT2D eigenvalue weighted by molar-refractivity contribution is -0.0777. The molecule has 4 heteroatoms. The Bertz CT molecular complexity index is 391. The standard InChI is InChI=1S/C14H20BrNO2/c1-16(10-12-3-2-4-13(15)9-12)11-14(17)5-7-18-8-6-14/h2-4,9,17H,5-8,10-11H2,1H3. The van der Waals surface area contributed by atoms with E-state index in [1.807, 2.05) is 19.2 Å². The molecule has 100 valence electrons. The summed E-state index contributed by atoms with van der Waals surface area (Å²) in [5, 5.41) is 10.4. The number of nitrogens with zero attached hydrogens (tertiary/aromatic N) is 1. The van der Waals surface area contributed by atoms with Gasteiger partial charge < -0.3 is 9.84 Å². The normalized spacial score (nSPS) is 19.1. The van der Waals surface area contributed by atoms with E-state index < -0.39 is 5.60 Å². The fourth-order valence-electron chi connectivity index (χ4n) is 2.41. The second-order valence-electron chi connectivity index (χ2n) is 5.14. The Hall–Kier alpha value is -0.420. The fourth-order valence-corrected chi connectivity index (χ4v) is 2.86. The summed E-state index contributed by atoms with van der Waals surface area (Å²) in [6.07, 6.45) is 1.46. The lowest BCUT2D eigenvalue weighted by Crippen LogP contribution is -2.45. The molecule has 1 fully saturated rings. The molecule has 1 aromatic carbocycles. The predicted octanol–water partition coefficient (Wildman–Crippen LogP) is 2.42. The van der Waals surface area contributed by atoms with Crippen molar-refractivity contribution in [1.82, 2.24) is 4.90 Å². The molecule has 0 aromatic heterocycles. The van der Waals surface area contributed by atoms with E-state index in [9.17, 15) is 5.11 Å². The van der Waals surface area contributed by atoms with Crippen LogP contribution in [0.15, 0.2) is 28.7 Å². The molecule has 1 aliphatic rings. The van der Waals surface area contributed by atoms with Crippen LogP contribution in [0.4, 0.5) is 0 Å². The summed E-state index contributed by atoms with van der Waals surface area (Å²) in [7, 11) is 2.05. The molecular weight excluding hydrogens is 294 g/mol. The van der Waals surface area contributed by atoms with Gasteiger partial charge in [0.05, 0.1) is 5.60 Å². The molecule has 0 amide bonds. The summed E-state index contributed by atoms with van der Waals surface area (Å²) in [5.41, 5.74) is 0.668. The molecule has 0 spiro atoms. The van der Waals surface area contributed by atoms with Crippen molar-refractivity contribution in [2.75, 3.05) is 26.8 Å². The number of likely N-dealkylation sites (N-methyl/N-ethyl adjacent to an activating group) is 1. The SMILES string of the molecule is CN(Cc1cccc(Br)c1)CC1(O)CCOCC1. The number of rotatable bonds is 4. The molecule has 0 unspecified atom stereocenters. The van der Waals surface area contributed by atoms with E-state index in [0.29, 0.717) is 19.8 Å². The minimum absolute atomic E-state index is 0.584. The van der Waals surface area contributed by atoms with Gasteiger partial charge in [0.25, 0.3) is 0 Å². The topological polar surface area (TPSA) is 32.7 Å². The van der Waals surface area contributed by atoms with Crippen molar-refractivity contribution in [3.8, 4) is 0 Å². The van der Waals surface area contributed by atoms with Gasteiger partial charge in [-0.15, -0.1) is 0 Å². The van der Waals surface area contributed by atoms with E-state index >= 15 is 0 Å².